The van der Waals surface area contributed by atoms with Gasteiger partial charge in [-0.2, -0.15) is 0 Å². The molecule has 0 bridgehead atoms. The first-order chi connectivity index (χ1) is 16.6. The van der Waals surface area contributed by atoms with E-state index in [2.05, 4.69) is 53.6 Å². The number of piperidine rings is 1. The quantitative estimate of drug-likeness (QED) is 0.432. The van der Waals surface area contributed by atoms with Gasteiger partial charge >= 0.3 is 0 Å². The van der Waals surface area contributed by atoms with Crippen molar-refractivity contribution >= 4 is 33.4 Å². The van der Waals surface area contributed by atoms with Crippen LogP contribution in [0.5, 0.6) is 0 Å². The topological polar surface area (TPSA) is 78.1 Å². The van der Waals surface area contributed by atoms with Gasteiger partial charge < -0.3 is 10.2 Å². The molecule has 1 fully saturated rings. The number of fused-ring (bicyclic) bond motifs is 1. The number of rotatable bonds is 6. The Labute approximate surface area is 202 Å². The Morgan fingerprint density at radius 3 is 2.76 bits per heavy atom. The summed E-state index contributed by atoms with van der Waals surface area (Å²) in [5.74, 6) is 0.496. The predicted octanol–water partition coefficient (Wildman–Crippen LogP) is 4.54. The maximum atomic E-state index is 12.8. The van der Waals surface area contributed by atoms with Crippen LogP contribution in [-0.4, -0.2) is 35.5 Å². The third-order valence-corrected chi connectivity index (χ3v) is 7.39. The van der Waals surface area contributed by atoms with Gasteiger partial charge in [0.2, 0.25) is 11.9 Å². The van der Waals surface area contributed by atoms with Crippen LogP contribution in [-0.2, 0) is 11.2 Å². The molecule has 7 heteroatoms. The van der Waals surface area contributed by atoms with E-state index in [1.807, 2.05) is 28.5 Å². The molecule has 1 aliphatic heterocycles. The van der Waals surface area contributed by atoms with Gasteiger partial charge in [0.25, 0.3) is 5.56 Å². The summed E-state index contributed by atoms with van der Waals surface area (Å²) >= 11 is 1.42. The highest BCUT2D eigenvalue weighted by Crippen LogP contribution is 2.32. The van der Waals surface area contributed by atoms with Gasteiger partial charge in [-0.15, -0.1) is 11.3 Å². The maximum Gasteiger partial charge on any atom is 0.270 e. The fourth-order valence-corrected chi connectivity index (χ4v) is 5.41. The number of H-pyrrole nitrogens is 1. The molecule has 174 valence electrons. The van der Waals surface area contributed by atoms with Crippen LogP contribution < -0.4 is 15.8 Å². The second-order valence-corrected chi connectivity index (χ2v) is 9.77. The second kappa shape index (κ2) is 9.81. The van der Waals surface area contributed by atoms with E-state index < -0.39 is 0 Å². The fraction of sp³-hybridized carbons (Fsp3) is 0.296. The van der Waals surface area contributed by atoms with Crippen molar-refractivity contribution in [3.8, 4) is 11.1 Å². The van der Waals surface area contributed by atoms with Crippen LogP contribution in [0.1, 0.15) is 24.0 Å². The monoisotopic (exact) mass is 472 g/mol. The van der Waals surface area contributed by atoms with Gasteiger partial charge in [-0.25, -0.2) is 4.98 Å². The molecule has 2 aromatic heterocycles. The molecule has 6 nitrogen and oxygen atoms in total. The van der Waals surface area contributed by atoms with Crippen LogP contribution >= 0.6 is 11.3 Å². The Morgan fingerprint density at radius 2 is 1.97 bits per heavy atom. The normalized spacial score (nSPS) is 16.0. The van der Waals surface area contributed by atoms with Crippen molar-refractivity contribution in [3.05, 3.63) is 81.5 Å². The highest BCUT2D eigenvalue weighted by molar-refractivity contribution is 7.17. The van der Waals surface area contributed by atoms with Gasteiger partial charge in [-0.05, 0) is 37.3 Å². The molecule has 5 rings (SSSR count). The summed E-state index contributed by atoms with van der Waals surface area (Å²) in [6.45, 7) is 4.00. The smallest absolute Gasteiger partial charge is 0.270 e. The van der Waals surface area contributed by atoms with E-state index >= 15 is 0 Å². The van der Waals surface area contributed by atoms with E-state index in [4.69, 9.17) is 4.98 Å². The van der Waals surface area contributed by atoms with Crippen LogP contribution in [0.25, 0.3) is 21.3 Å². The molecular weight excluding hydrogens is 444 g/mol. The van der Waals surface area contributed by atoms with Gasteiger partial charge in [-0.1, -0.05) is 60.2 Å². The van der Waals surface area contributed by atoms with E-state index in [1.54, 1.807) is 0 Å². The SMILES string of the molecule is Cc1ccc(-c2csc3c(=O)[nH]c(N4CCC[C@H](C(=O)NCCc5ccccc5)C4)nc23)cc1. The lowest BCUT2D eigenvalue weighted by molar-refractivity contribution is -0.125. The third kappa shape index (κ3) is 4.75. The van der Waals surface area contributed by atoms with Crippen molar-refractivity contribution in [2.24, 2.45) is 5.92 Å². The van der Waals surface area contributed by atoms with Crippen LogP contribution in [0.3, 0.4) is 0 Å². The van der Waals surface area contributed by atoms with Crippen molar-refractivity contribution in [2.75, 3.05) is 24.5 Å². The number of hydrogen-bond acceptors (Lipinski definition) is 5. The average molecular weight is 473 g/mol. The van der Waals surface area contributed by atoms with Gasteiger partial charge in [0.05, 0.1) is 11.4 Å². The summed E-state index contributed by atoms with van der Waals surface area (Å²) < 4.78 is 0.631. The minimum atomic E-state index is -0.127. The number of nitrogens with zero attached hydrogens (tertiary/aromatic N) is 2. The number of hydrogen-bond donors (Lipinski definition) is 2. The van der Waals surface area contributed by atoms with Crippen LogP contribution in [0.2, 0.25) is 0 Å². The Kier molecular flexibility index (Phi) is 6.45. The first kappa shape index (κ1) is 22.3. The average Bonchev–Trinajstić information content (AvgIpc) is 3.30. The number of amides is 1. The third-order valence-electron chi connectivity index (χ3n) is 6.42. The predicted molar refractivity (Wildman–Crippen MR) is 139 cm³/mol. The molecule has 4 aromatic rings. The first-order valence-electron chi connectivity index (χ1n) is 11.7. The van der Waals surface area contributed by atoms with Gasteiger partial charge in [0, 0.05) is 30.6 Å². The van der Waals surface area contributed by atoms with Crippen molar-refractivity contribution in [1.29, 1.82) is 0 Å². The molecule has 0 radical (unpaired) electrons. The standard InChI is InChI=1S/C27H28N4O2S/c1-18-9-11-20(12-10-18)22-17-34-24-23(22)29-27(30-26(24)33)31-15-5-8-21(16-31)25(32)28-14-13-19-6-3-2-4-7-19/h2-4,6-7,9-12,17,21H,5,8,13-16H2,1H3,(H,28,32)(H,29,30,33)/t21-/m0/s1. The molecule has 0 unspecified atom stereocenters. The molecule has 0 saturated carbocycles. The highest BCUT2D eigenvalue weighted by atomic mass is 32.1. The molecule has 0 aliphatic carbocycles. The van der Waals surface area contributed by atoms with E-state index in [9.17, 15) is 9.59 Å². The molecule has 2 aromatic carbocycles. The van der Waals surface area contributed by atoms with E-state index in [-0.39, 0.29) is 17.4 Å². The summed E-state index contributed by atoms with van der Waals surface area (Å²) in [6, 6.07) is 18.4. The minimum absolute atomic E-state index is 0.0694. The first-order valence-corrected chi connectivity index (χ1v) is 12.6. The zero-order valence-electron chi connectivity index (χ0n) is 19.2. The number of aromatic nitrogens is 2. The molecule has 1 aliphatic rings. The maximum absolute atomic E-state index is 12.8. The van der Waals surface area contributed by atoms with Crippen LogP contribution in [0, 0.1) is 12.8 Å². The number of benzene rings is 2. The number of aryl methyl sites for hydroxylation is 1. The van der Waals surface area contributed by atoms with Gasteiger partial charge in [0.1, 0.15) is 4.70 Å². The van der Waals surface area contributed by atoms with Crippen LogP contribution in [0.15, 0.2) is 64.8 Å². The summed E-state index contributed by atoms with van der Waals surface area (Å²) in [5.41, 5.74) is 5.02. The Bertz CT molecular complexity index is 1340. The zero-order valence-corrected chi connectivity index (χ0v) is 20.0. The molecule has 0 spiro atoms. The minimum Gasteiger partial charge on any atom is -0.355 e. The lowest BCUT2D eigenvalue weighted by Crippen LogP contribution is -2.44. The van der Waals surface area contributed by atoms with Crippen LogP contribution in [0.4, 0.5) is 5.95 Å². The molecule has 3 heterocycles. The highest BCUT2D eigenvalue weighted by Gasteiger charge is 2.27. The Hall–Kier alpha value is -3.45. The largest absolute Gasteiger partial charge is 0.355 e. The zero-order chi connectivity index (χ0) is 23.5. The summed E-state index contributed by atoms with van der Waals surface area (Å²) in [4.78, 5) is 35.5. The van der Waals surface area contributed by atoms with Crippen molar-refractivity contribution in [2.45, 2.75) is 26.2 Å². The molecule has 1 saturated heterocycles. The summed E-state index contributed by atoms with van der Waals surface area (Å²) in [6.07, 6.45) is 2.54. The molecule has 1 amide bonds. The molecule has 2 N–H and O–H groups in total. The Morgan fingerprint density at radius 1 is 1.18 bits per heavy atom. The molecule has 34 heavy (non-hydrogen) atoms. The number of carbonyl (C=O) groups excluding carboxylic acids is 1. The lowest BCUT2D eigenvalue weighted by atomic mass is 9.97. The number of carbonyl (C=O) groups is 1. The van der Waals surface area contributed by atoms with Gasteiger partial charge in [0.15, 0.2) is 0 Å². The van der Waals surface area contributed by atoms with E-state index in [0.717, 1.165) is 42.5 Å². The fourth-order valence-electron chi connectivity index (χ4n) is 4.51. The van der Waals surface area contributed by atoms with E-state index in [0.29, 0.717) is 23.7 Å². The lowest BCUT2D eigenvalue weighted by Gasteiger charge is -2.32. The summed E-state index contributed by atoms with van der Waals surface area (Å²) in [5, 5.41) is 5.09. The van der Waals surface area contributed by atoms with Crippen molar-refractivity contribution < 1.29 is 4.79 Å². The number of anilines is 1. The summed E-state index contributed by atoms with van der Waals surface area (Å²) in [7, 11) is 0. The van der Waals surface area contributed by atoms with Gasteiger partial charge in [-0.3, -0.25) is 14.6 Å². The molecule has 1 atom stereocenters. The Balaban J connectivity index is 1.32. The van der Waals surface area contributed by atoms with Crippen molar-refractivity contribution in [3.63, 3.8) is 0 Å². The number of aromatic amines is 1. The number of thiophene rings is 1. The number of nitrogens with one attached hydrogen (secondary N) is 2. The van der Waals surface area contributed by atoms with E-state index in [1.165, 1.54) is 22.5 Å². The van der Waals surface area contributed by atoms with Crippen molar-refractivity contribution in [1.82, 2.24) is 15.3 Å². The molecular formula is C27H28N4O2S. The second-order valence-electron chi connectivity index (χ2n) is 8.89.